The van der Waals surface area contributed by atoms with Crippen molar-refractivity contribution in [3.8, 4) is 22.8 Å². The summed E-state index contributed by atoms with van der Waals surface area (Å²) in [4.78, 5) is 10.8. The molecule has 3 rings (SSSR count). The van der Waals surface area contributed by atoms with E-state index in [9.17, 15) is 26.7 Å². The van der Waals surface area contributed by atoms with E-state index < -0.39 is 29.1 Å². The minimum absolute atomic E-state index is 0.0165. The number of rotatable bonds is 4. The van der Waals surface area contributed by atoms with Crippen LogP contribution in [0.1, 0.15) is 16.1 Å². The van der Waals surface area contributed by atoms with Gasteiger partial charge in [0.2, 0.25) is 0 Å². The van der Waals surface area contributed by atoms with E-state index in [2.05, 4.69) is 15.9 Å². The molecule has 0 bridgehead atoms. The Bertz CT molecular complexity index is 987. The molecule has 9 heteroatoms. The van der Waals surface area contributed by atoms with E-state index in [0.717, 1.165) is 0 Å². The second-order valence-corrected chi connectivity index (χ2v) is 6.24. The molecule has 0 N–H and O–H groups in total. The Hall–Kier alpha value is -2.68. The van der Waals surface area contributed by atoms with E-state index in [0.29, 0.717) is 10.8 Å². The number of hydrogen-bond donors (Lipinski definition) is 0. The number of aldehydes is 1. The largest absolute Gasteiger partial charge is 0.453 e. The van der Waals surface area contributed by atoms with Gasteiger partial charge in [0.25, 0.3) is 0 Å². The Labute approximate surface area is 157 Å². The van der Waals surface area contributed by atoms with Gasteiger partial charge in [0, 0.05) is 4.47 Å². The first kappa shape index (κ1) is 19.1. The van der Waals surface area contributed by atoms with Gasteiger partial charge in [0.1, 0.15) is 11.5 Å². The summed E-state index contributed by atoms with van der Waals surface area (Å²) in [5.41, 5.74) is -1.24. The zero-order valence-electron chi connectivity index (χ0n) is 13.1. The second-order valence-electron chi connectivity index (χ2n) is 5.33. The number of carbonyl (C=O) groups excluding carboxylic acids is 1. The van der Waals surface area contributed by atoms with Crippen LogP contribution in [0.2, 0.25) is 0 Å². The molecule has 0 saturated heterocycles. The molecule has 140 valence electrons. The van der Waals surface area contributed by atoms with Crippen molar-refractivity contribution >= 4 is 22.2 Å². The molecule has 3 aromatic rings. The van der Waals surface area contributed by atoms with Crippen LogP contribution >= 0.6 is 15.9 Å². The Morgan fingerprint density at radius 1 is 1.00 bits per heavy atom. The number of benzene rings is 2. The zero-order valence-corrected chi connectivity index (χ0v) is 14.7. The second kappa shape index (κ2) is 7.15. The number of hydrogen-bond acceptors (Lipinski definition) is 3. The number of alkyl halides is 3. The lowest BCUT2D eigenvalue weighted by Crippen LogP contribution is -2.07. The number of carbonyl (C=O) groups is 1. The summed E-state index contributed by atoms with van der Waals surface area (Å²) >= 11 is 3.22. The molecule has 0 radical (unpaired) electrons. The van der Waals surface area contributed by atoms with Crippen LogP contribution in [0.15, 0.2) is 51.4 Å². The first-order valence-corrected chi connectivity index (χ1v) is 8.07. The molecule has 0 atom stereocenters. The monoisotopic (exact) mass is 446 g/mol. The van der Waals surface area contributed by atoms with E-state index in [1.807, 2.05) is 0 Å². The fourth-order valence-electron chi connectivity index (χ4n) is 2.28. The van der Waals surface area contributed by atoms with Crippen molar-refractivity contribution in [2.24, 2.45) is 0 Å². The van der Waals surface area contributed by atoms with Gasteiger partial charge in [-0.3, -0.25) is 4.79 Å². The van der Waals surface area contributed by atoms with Crippen molar-refractivity contribution < 1.29 is 35.9 Å². The highest BCUT2D eigenvalue weighted by atomic mass is 79.9. The van der Waals surface area contributed by atoms with E-state index in [1.165, 1.54) is 30.3 Å². The normalized spacial score (nSPS) is 11.5. The third kappa shape index (κ3) is 4.02. The Morgan fingerprint density at radius 3 is 2.22 bits per heavy atom. The first-order chi connectivity index (χ1) is 12.7. The Balaban J connectivity index is 2.05. The molecule has 0 unspecified atom stereocenters. The van der Waals surface area contributed by atoms with E-state index in [4.69, 9.17) is 9.15 Å². The van der Waals surface area contributed by atoms with E-state index >= 15 is 0 Å². The van der Waals surface area contributed by atoms with Crippen LogP contribution in [0.5, 0.6) is 11.5 Å². The van der Waals surface area contributed by atoms with Crippen LogP contribution in [0.4, 0.5) is 22.0 Å². The van der Waals surface area contributed by atoms with Crippen LogP contribution < -0.4 is 4.74 Å². The van der Waals surface area contributed by atoms with Gasteiger partial charge in [-0.2, -0.15) is 13.2 Å². The van der Waals surface area contributed by atoms with Crippen molar-refractivity contribution in [3.05, 3.63) is 69.9 Å². The molecule has 1 heterocycles. The molecule has 0 amide bonds. The van der Waals surface area contributed by atoms with Crippen LogP contribution in [0.3, 0.4) is 0 Å². The third-order valence-electron chi connectivity index (χ3n) is 3.49. The summed E-state index contributed by atoms with van der Waals surface area (Å²) in [6.07, 6.45) is -4.43. The van der Waals surface area contributed by atoms with Crippen LogP contribution in [-0.2, 0) is 6.18 Å². The summed E-state index contributed by atoms with van der Waals surface area (Å²) in [5, 5.41) is 0. The predicted molar refractivity (Wildman–Crippen MR) is 88.7 cm³/mol. The summed E-state index contributed by atoms with van der Waals surface area (Å²) in [6, 6.07) is 7.47. The first-order valence-electron chi connectivity index (χ1n) is 7.28. The molecule has 0 aliphatic carbocycles. The Kier molecular flexibility index (Phi) is 5.05. The van der Waals surface area contributed by atoms with Gasteiger partial charge in [-0.05, 0) is 42.5 Å². The van der Waals surface area contributed by atoms with Crippen LogP contribution in [0.25, 0.3) is 11.3 Å². The summed E-state index contributed by atoms with van der Waals surface area (Å²) in [6.45, 7) is 0. The van der Waals surface area contributed by atoms with Gasteiger partial charge >= 0.3 is 6.18 Å². The lowest BCUT2D eigenvalue weighted by molar-refractivity contribution is -0.138. The van der Waals surface area contributed by atoms with Crippen molar-refractivity contribution in [2.45, 2.75) is 6.18 Å². The number of halogens is 6. The SMILES string of the molecule is O=Cc1ccc(-c2cc(Br)ccc2Oc2c(F)cc(C(F)(F)F)cc2F)o1. The average molecular weight is 447 g/mol. The lowest BCUT2D eigenvalue weighted by Gasteiger charge is -2.14. The zero-order chi connectivity index (χ0) is 19.8. The molecule has 0 fully saturated rings. The van der Waals surface area contributed by atoms with Crippen molar-refractivity contribution in [2.75, 3.05) is 0 Å². The molecule has 3 nitrogen and oxygen atoms in total. The molecule has 1 aromatic heterocycles. The minimum atomic E-state index is -4.90. The summed E-state index contributed by atoms with van der Waals surface area (Å²) in [7, 11) is 0. The molecule has 27 heavy (non-hydrogen) atoms. The van der Waals surface area contributed by atoms with Crippen molar-refractivity contribution in [1.82, 2.24) is 0 Å². The highest BCUT2D eigenvalue weighted by Gasteiger charge is 2.33. The fourth-order valence-corrected chi connectivity index (χ4v) is 2.64. The maximum Gasteiger partial charge on any atom is 0.416 e. The van der Waals surface area contributed by atoms with Gasteiger partial charge in [-0.25, -0.2) is 8.78 Å². The van der Waals surface area contributed by atoms with Crippen LogP contribution in [-0.4, -0.2) is 6.29 Å². The molecule has 0 spiro atoms. The minimum Gasteiger partial charge on any atom is -0.453 e. The maximum absolute atomic E-state index is 14.1. The molecule has 2 aromatic carbocycles. The van der Waals surface area contributed by atoms with Gasteiger partial charge < -0.3 is 9.15 Å². The number of furan rings is 1. The molecule has 0 aliphatic rings. The van der Waals surface area contributed by atoms with E-state index in [1.54, 1.807) is 0 Å². The Morgan fingerprint density at radius 2 is 1.67 bits per heavy atom. The van der Waals surface area contributed by atoms with Gasteiger partial charge in [-0.15, -0.1) is 0 Å². The smallest absolute Gasteiger partial charge is 0.416 e. The topological polar surface area (TPSA) is 39.4 Å². The lowest BCUT2D eigenvalue weighted by atomic mass is 10.1. The van der Waals surface area contributed by atoms with Crippen LogP contribution in [0, 0.1) is 11.6 Å². The molecule has 0 aliphatic heterocycles. The highest BCUT2D eigenvalue weighted by Crippen LogP contribution is 2.39. The third-order valence-corrected chi connectivity index (χ3v) is 3.98. The van der Waals surface area contributed by atoms with Gasteiger partial charge in [-0.1, -0.05) is 15.9 Å². The standard InChI is InChI=1S/C18H8BrF5O3/c19-10-1-3-16(12(7-10)15-4-2-11(8-25)26-15)27-17-13(20)5-9(6-14(17)21)18(22,23)24/h1-8H. The summed E-state index contributed by atoms with van der Waals surface area (Å²) < 4.78 is 77.1. The molecular formula is C18H8BrF5O3. The molecular weight excluding hydrogens is 439 g/mol. The number of ether oxygens (including phenoxy) is 1. The maximum atomic E-state index is 14.1. The average Bonchev–Trinajstić information content (AvgIpc) is 3.07. The van der Waals surface area contributed by atoms with Gasteiger partial charge in [0.05, 0.1) is 11.1 Å². The van der Waals surface area contributed by atoms with Crippen molar-refractivity contribution in [3.63, 3.8) is 0 Å². The molecule has 0 saturated carbocycles. The van der Waals surface area contributed by atoms with E-state index in [-0.39, 0.29) is 35.0 Å². The quantitative estimate of drug-likeness (QED) is 0.334. The fraction of sp³-hybridized carbons (Fsp3) is 0.0556. The summed E-state index contributed by atoms with van der Waals surface area (Å²) in [5.74, 6) is -3.91. The highest BCUT2D eigenvalue weighted by molar-refractivity contribution is 9.10. The predicted octanol–water partition coefficient (Wildman–Crippen LogP) is 6.61. The van der Waals surface area contributed by atoms with Crippen molar-refractivity contribution in [1.29, 1.82) is 0 Å². The van der Waals surface area contributed by atoms with Gasteiger partial charge in [0.15, 0.2) is 29.4 Å².